The molecule has 1 aromatic rings. The van der Waals surface area contributed by atoms with Crippen molar-refractivity contribution in [1.82, 2.24) is 10.2 Å². The molecule has 152 valence electrons. The number of carbonyl (C=O) groups excluding carboxylic acids is 3. The van der Waals surface area contributed by atoms with Crippen molar-refractivity contribution in [3.8, 4) is 0 Å². The number of carbonyl (C=O) groups is 3. The number of nitrogens with zero attached hydrogens (tertiary/aromatic N) is 1. The van der Waals surface area contributed by atoms with Crippen LogP contribution in [-0.2, 0) is 22.4 Å². The fourth-order valence-corrected chi connectivity index (χ4v) is 4.28. The average Bonchev–Trinajstić information content (AvgIpc) is 2.71. The molecule has 1 aliphatic heterocycles. The van der Waals surface area contributed by atoms with Gasteiger partial charge in [-0.05, 0) is 62.1 Å². The summed E-state index contributed by atoms with van der Waals surface area (Å²) in [5, 5.41) is 3.02. The molecule has 0 aromatic heterocycles. The molecular weight excluding hydrogens is 352 g/mol. The van der Waals surface area contributed by atoms with Gasteiger partial charge in [0, 0.05) is 44.0 Å². The highest BCUT2D eigenvalue weighted by atomic mass is 16.2. The summed E-state index contributed by atoms with van der Waals surface area (Å²) >= 11 is 0. The number of hydrogen-bond donors (Lipinski definition) is 1. The SMILES string of the molecule is CCCC(=O)NC1CCCN(C(=O)CCC(=O)c2ccc3c(c2)CCCC3)C1. The van der Waals surface area contributed by atoms with Crippen molar-refractivity contribution in [3.63, 3.8) is 0 Å². The highest BCUT2D eigenvalue weighted by molar-refractivity contribution is 5.98. The summed E-state index contributed by atoms with van der Waals surface area (Å²) in [6.45, 7) is 3.25. The van der Waals surface area contributed by atoms with E-state index in [9.17, 15) is 14.4 Å². The van der Waals surface area contributed by atoms with Gasteiger partial charge in [-0.15, -0.1) is 0 Å². The van der Waals surface area contributed by atoms with E-state index in [-0.39, 0.29) is 36.5 Å². The predicted molar refractivity (Wildman–Crippen MR) is 109 cm³/mol. The fraction of sp³-hybridized carbons (Fsp3) is 0.609. The predicted octanol–water partition coefficient (Wildman–Crippen LogP) is 3.44. The Balaban J connectivity index is 1.49. The van der Waals surface area contributed by atoms with Crippen molar-refractivity contribution in [2.24, 2.45) is 0 Å². The number of hydrogen-bond acceptors (Lipinski definition) is 3. The normalized spacial score (nSPS) is 19.0. The van der Waals surface area contributed by atoms with Crippen molar-refractivity contribution in [2.45, 2.75) is 77.2 Å². The minimum absolute atomic E-state index is 0.0146. The fourth-order valence-electron chi connectivity index (χ4n) is 4.28. The van der Waals surface area contributed by atoms with Gasteiger partial charge in [0.05, 0.1) is 0 Å². The van der Waals surface area contributed by atoms with E-state index >= 15 is 0 Å². The third-order valence-corrected chi connectivity index (χ3v) is 5.85. The summed E-state index contributed by atoms with van der Waals surface area (Å²) in [5.74, 6) is 0.122. The quantitative estimate of drug-likeness (QED) is 0.733. The Hall–Kier alpha value is -2.17. The third kappa shape index (κ3) is 5.43. The van der Waals surface area contributed by atoms with E-state index in [0.29, 0.717) is 19.5 Å². The maximum atomic E-state index is 12.6. The summed E-state index contributed by atoms with van der Waals surface area (Å²) in [6.07, 6.45) is 8.22. The molecule has 1 saturated heterocycles. The van der Waals surface area contributed by atoms with Crippen LogP contribution in [0.2, 0.25) is 0 Å². The number of likely N-dealkylation sites (tertiary alicyclic amines) is 1. The van der Waals surface area contributed by atoms with E-state index in [0.717, 1.165) is 37.7 Å². The second-order valence-corrected chi connectivity index (χ2v) is 8.11. The zero-order valence-corrected chi connectivity index (χ0v) is 17.0. The molecule has 1 heterocycles. The van der Waals surface area contributed by atoms with Gasteiger partial charge in [0.1, 0.15) is 0 Å². The van der Waals surface area contributed by atoms with Gasteiger partial charge in [0.2, 0.25) is 11.8 Å². The number of Topliss-reactive ketones (excluding diaryl/α,β-unsaturated/α-hetero) is 1. The van der Waals surface area contributed by atoms with Crippen LogP contribution in [-0.4, -0.2) is 41.6 Å². The molecule has 0 saturated carbocycles. The Labute approximate surface area is 167 Å². The van der Waals surface area contributed by atoms with Crippen molar-refractivity contribution < 1.29 is 14.4 Å². The average molecular weight is 385 g/mol. The van der Waals surface area contributed by atoms with E-state index < -0.39 is 0 Å². The van der Waals surface area contributed by atoms with E-state index in [1.165, 1.54) is 24.0 Å². The smallest absolute Gasteiger partial charge is 0.223 e. The number of amides is 2. The van der Waals surface area contributed by atoms with Crippen LogP contribution in [0.25, 0.3) is 0 Å². The van der Waals surface area contributed by atoms with Gasteiger partial charge < -0.3 is 10.2 Å². The Morgan fingerprint density at radius 3 is 2.61 bits per heavy atom. The molecule has 28 heavy (non-hydrogen) atoms. The largest absolute Gasteiger partial charge is 0.352 e. The first-order chi connectivity index (χ1) is 13.6. The maximum Gasteiger partial charge on any atom is 0.223 e. The first kappa shape index (κ1) is 20.6. The van der Waals surface area contributed by atoms with Gasteiger partial charge >= 0.3 is 0 Å². The Morgan fingerprint density at radius 1 is 1.04 bits per heavy atom. The standard InChI is InChI=1S/C23H32N2O3/c1-2-6-22(27)24-20-9-5-14-25(16-20)23(28)13-12-21(26)19-11-10-17-7-3-4-8-18(17)15-19/h10-11,15,20H,2-9,12-14,16H2,1H3,(H,24,27). The van der Waals surface area contributed by atoms with Gasteiger partial charge in [-0.2, -0.15) is 0 Å². The van der Waals surface area contributed by atoms with E-state index in [1.54, 1.807) is 4.90 Å². The molecule has 1 unspecified atom stereocenters. The number of fused-ring (bicyclic) bond motifs is 1. The lowest BCUT2D eigenvalue weighted by Crippen LogP contribution is -2.49. The van der Waals surface area contributed by atoms with Crippen molar-refractivity contribution in [2.75, 3.05) is 13.1 Å². The number of nitrogens with one attached hydrogen (secondary N) is 1. The summed E-state index contributed by atoms with van der Waals surface area (Å²) in [6, 6.07) is 6.06. The second-order valence-electron chi connectivity index (χ2n) is 8.11. The first-order valence-corrected chi connectivity index (χ1v) is 10.8. The van der Waals surface area contributed by atoms with Crippen molar-refractivity contribution in [3.05, 3.63) is 34.9 Å². The van der Waals surface area contributed by atoms with E-state index in [1.807, 2.05) is 19.1 Å². The number of piperidine rings is 1. The molecule has 5 nitrogen and oxygen atoms in total. The molecule has 1 fully saturated rings. The molecule has 1 N–H and O–H groups in total. The molecule has 5 heteroatoms. The van der Waals surface area contributed by atoms with Crippen LogP contribution < -0.4 is 5.32 Å². The minimum atomic E-state index is 0.0146. The Morgan fingerprint density at radius 2 is 1.82 bits per heavy atom. The van der Waals surface area contributed by atoms with Crippen molar-refractivity contribution in [1.29, 1.82) is 0 Å². The molecule has 1 aliphatic carbocycles. The number of aryl methyl sites for hydroxylation is 2. The molecule has 0 bridgehead atoms. The topological polar surface area (TPSA) is 66.5 Å². The van der Waals surface area contributed by atoms with Gasteiger partial charge in [0.25, 0.3) is 0 Å². The van der Waals surface area contributed by atoms with Gasteiger partial charge in [-0.25, -0.2) is 0 Å². The van der Waals surface area contributed by atoms with Crippen molar-refractivity contribution >= 4 is 17.6 Å². The summed E-state index contributed by atoms with van der Waals surface area (Å²) in [5.41, 5.74) is 3.39. The van der Waals surface area contributed by atoms with E-state index in [2.05, 4.69) is 11.4 Å². The summed E-state index contributed by atoms with van der Waals surface area (Å²) in [7, 11) is 0. The molecule has 3 rings (SSSR count). The Kier molecular flexibility index (Phi) is 7.24. The molecule has 2 aliphatic rings. The van der Waals surface area contributed by atoms with Crippen LogP contribution >= 0.6 is 0 Å². The highest BCUT2D eigenvalue weighted by Gasteiger charge is 2.25. The lowest BCUT2D eigenvalue weighted by Gasteiger charge is -2.33. The lowest BCUT2D eigenvalue weighted by atomic mass is 9.89. The summed E-state index contributed by atoms with van der Waals surface area (Å²) in [4.78, 5) is 38.8. The van der Waals surface area contributed by atoms with E-state index in [4.69, 9.17) is 0 Å². The number of ketones is 1. The molecule has 2 amide bonds. The lowest BCUT2D eigenvalue weighted by molar-refractivity contribution is -0.133. The highest BCUT2D eigenvalue weighted by Crippen LogP contribution is 2.23. The maximum absolute atomic E-state index is 12.6. The van der Waals surface area contributed by atoms with Crippen LogP contribution in [0.1, 0.15) is 79.8 Å². The zero-order chi connectivity index (χ0) is 19.9. The molecule has 1 atom stereocenters. The Bertz CT molecular complexity index is 729. The zero-order valence-electron chi connectivity index (χ0n) is 17.0. The van der Waals surface area contributed by atoms with Crippen LogP contribution in [0.15, 0.2) is 18.2 Å². The molecule has 0 spiro atoms. The molecule has 0 radical (unpaired) electrons. The van der Waals surface area contributed by atoms with Gasteiger partial charge in [-0.3, -0.25) is 14.4 Å². The van der Waals surface area contributed by atoms with Crippen LogP contribution in [0.3, 0.4) is 0 Å². The molecule has 1 aromatic carbocycles. The van der Waals surface area contributed by atoms with Gasteiger partial charge in [-0.1, -0.05) is 19.1 Å². The molecular formula is C23H32N2O3. The van der Waals surface area contributed by atoms with Crippen LogP contribution in [0.4, 0.5) is 0 Å². The number of benzene rings is 1. The summed E-state index contributed by atoms with van der Waals surface area (Å²) < 4.78 is 0. The monoisotopic (exact) mass is 384 g/mol. The number of rotatable bonds is 7. The van der Waals surface area contributed by atoms with Crippen LogP contribution in [0.5, 0.6) is 0 Å². The second kappa shape index (κ2) is 9.85. The minimum Gasteiger partial charge on any atom is -0.352 e. The van der Waals surface area contributed by atoms with Crippen LogP contribution in [0, 0.1) is 0 Å². The first-order valence-electron chi connectivity index (χ1n) is 10.8. The van der Waals surface area contributed by atoms with Gasteiger partial charge in [0.15, 0.2) is 5.78 Å². The third-order valence-electron chi connectivity index (χ3n) is 5.85.